The minimum atomic E-state index is -4.03. The van der Waals surface area contributed by atoms with Gasteiger partial charge in [0.05, 0.1) is 6.29 Å². The first-order valence-corrected chi connectivity index (χ1v) is 20.9. The van der Waals surface area contributed by atoms with Gasteiger partial charge in [0.2, 0.25) is 8.03 Å². The molecule has 258 valence electrons. The van der Waals surface area contributed by atoms with E-state index in [9.17, 15) is 43.0 Å². The number of amides is 1. The molecule has 48 heavy (non-hydrogen) atoms. The molecule has 18 heteroatoms. The molecule has 0 saturated heterocycles. The number of aromatic hydroxyl groups is 4. The normalized spacial score (nSPS) is 12.4. The van der Waals surface area contributed by atoms with E-state index in [0.717, 1.165) is 17.4 Å². The predicted octanol–water partition coefficient (Wildman–Crippen LogP) is 3.48. The third-order valence-corrected chi connectivity index (χ3v) is 12.9. The number of carbonyl (C=O) groups is 2. The summed E-state index contributed by atoms with van der Waals surface area (Å²) in [5, 5.41) is 42.1. The molecule has 0 bridgehead atoms. The number of ether oxygens (including phenoxy) is 2. The number of rotatable bonds is 18. The van der Waals surface area contributed by atoms with Crippen molar-refractivity contribution in [3.63, 3.8) is 0 Å². The van der Waals surface area contributed by atoms with Gasteiger partial charge in [0.15, 0.2) is 11.5 Å². The van der Waals surface area contributed by atoms with Crippen molar-refractivity contribution in [1.29, 1.82) is 0 Å². The zero-order valence-electron chi connectivity index (χ0n) is 25.3. The van der Waals surface area contributed by atoms with Crippen LogP contribution in [0.2, 0.25) is 5.21 Å². The maximum absolute atomic E-state index is 12.7. The molecule has 0 saturated carbocycles. The van der Waals surface area contributed by atoms with Crippen LogP contribution < -0.4 is 19.5 Å². The Hall–Kier alpha value is -3.78. The van der Waals surface area contributed by atoms with E-state index in [1.165, 1.54) is 36.4 Å². The van der Waals surface area contributed by atoms with Crippen LogP contribution in [0.15, 0.2) is 58.8 Å². The zero-order chi connectivity index (χ0) is 34.8. The molecule has 0 spiro atoms. The average Bonchev–Trinajstić information content (AvgIpc) is 3.48. The van der Waals surface area contributed by atoms with Crippen LogP contribution in [0, 0.1) is 0 Å². The fourth-order valence-electron chi connectivity index (χ4n) is 4.21. The Labute approximate surface area is 287 Å². The number of benzene rings is 3. The van der Waals surface area contributed by atoms with E-state index in [1.54, 1.807) is 12.1 Å². The summed E-state index contributed by atoms with van der Waals surface area (Å²) < 4.78 is 50.9. The van der Waals surface area contributed by atoms with Crippen LogP contribution in [-0.2, 0) is 14.6 Å². The van der Waals surface area contributed by atoms with Gasteiger partial charge in [0, 0.05) is 5.56 Å². The largest absolute Gasteiger partial charge is 0.504 e. The fraction of sp³-hybridized carbons (Fsp3) is 0.267. The van der Waals surface area contributed by atoms with Gasteiger partial charge in [-0.3, -0.25) is 9.36 Å². The SMILES string of the molecule is O=C(NCCCOc1cc2cc(S(=O)(=O)NC[PH](=O)O)sc2cc1OCCCC[AsH]C(=O)c1ccc(O)c(O)c1)c1ccc(O)c(O)c1. The molecule has 1 aromatic heterocycles. The second kappa shape index (κ2) is 17.0. The van der Waals surface area contributed by atoms with Gasteiger partial charge >= 0.3 is 208 Å². The Balaban J connectivity index is 1.36. The van der Waals surface area contributed by atoms with Crippen molar-refractivity contribution < 1.29 is 57.4 Å². The number of nitrogens with one attached hydrogen (secondary N) is 2. The summed E-state index contributed by atoms with van der Waals surface area (Å²) in [6.07, 6.45) is 1.12. The average molecular weight is 785 g/mol. The third kappa shape index (κ3) is 10.4. The first-order valence-electron chi connectivity index (χ1n) is 14.5. The summed E-state index contributed by atoms with van der Waals surface area (Å²) in [6, 6.07) is 12.4. The summed E-state index contributed by atoms with van der Waals surface area (Å²) in [4.78, 5) is 33.9. The second-order valence-electron chi connectivity index (χ2n) is 10.3. The topological polar surface area (TPSA) is 229 Å². The van der Waals surface area contributed by atoms with Crippen LogP contribution in [0.25, 0.3) is 10.1 Å². The number of fused-ring (bicyclic) bond motifs is 1. The molecule has 3 aromatic carbocycles. The van der Waals surface area contributed by atoms with Crippen LogP contribution >= 0.6 is 19.4 Å². The Morgan fingerprint density at radius 3 is 2.10 bits per heavy atom. The summed E-state index contributed by atoms with van der Waals surface area (Å²) in [5.41, 5.74) is 0.525. The fourth-order valence-corrected chi connectivity index (χ4v) is 9.70. The second-order valence-corrected chi connectivity index (χ2v) is 17.3. The van der Waals surface area contributed by atoms with E-state index in [0.29, 0.717) is 51.6 Å². The maximum atomic E-state index is 12.7. The maximum Gasteiger partial charge on any atom is 0.158 e. The standard InChI is InChI=1S/C30H34AsN2O12PS2/c34-21-6-4-18(12-23(21)36)29(38)31-8-1-2-10-44-26-16-27-20(15-28(47-27)48(42,43)33-17-46(40)41)14-25(26)45-11-3-9-32-30(39)19-5-7-22(35)24(37)13-19/h4-7,12-16,31,33-37,46H,1-3,8-11,17H2,(H,32,39)(H,40,41). The third-order valence-electron chi connectivity index (χ3n) is 6.69. The number of thiophene rings is 1. The van der Waals surface area contributed by atoms with E-state index in [2.05, 4.69) is 10.0 Å². The van der Waals surface area contributed by atoms with E-state index >= 15 is 0 Å². The Morgan fingerprint density at radius 2 is 1.44 bits per heavy atom. The minimum Gasteiger partial charge on any atom is -0.504 e. The molecule has 0 aliphatic carbocycles. The minimum absolute atomic E-state index is 0.0471. The van der Waals surface area contributed by atoms with E-state index in [-0.39, 0.29) is 51.4 Å². The first-order chi connectivity index (χ1) is 22.8. The van der Waals surface area contributed by atoms with Gasteiger partial charge < -0.3 is 15.1 Å². The van der Waals surface area contributed by atoms with Gasteiger partial charge in [-0.1, -0.05) is 0 Å². The molecule has 2 unspecified atom stereocenters. The van der Waals surface area contributed by atoms with Gasteiger partial charge in [-0.15, -0.1) is 0 Å². The van der Waals surface area contributed by atoms with Crippen molar-refractivity contribution in [3.05, 3.63) is 65.7 Å². The van der Waals surface area contributed by atoms with E-state index < -0.39 is 51.7 Å². The van der Waals surface area contributed by atoms with Gasteiger partial charge in [-0.05, 0) is 18.2 Å². The van der Waals surface area contributed by atoms with Gasteiger partial charge in [-0.25, -0.2) is 0 Å². The van der Waals surface area contributed by atoms with Gasteiger partial charge in [0.1, 0.15) is 0 Å². The number of carbonyl (C=O) groups excluding carboxylic acids is 2. The van der Waals surface area contributed by atoms with Crippen molar-refractivity contribution in [1.82, 2.24) is 10.0 Å². The monoisotopic (exact) mass is 784 g/mol. The van der Waals surface area contributed by atoms with Gasteiger partial charge in [-0.2, -0.15) is 0 Å². The number of phenols is 4. The molecule has 0 aliphatic rings. The molecule has 14 nitrogen and oxygen atoms in total. The Morgan fingerprint density at radius 1 is 0.812 bits per heavy atom. The molecule has 7 N–H and O–H groups in total. The molecule has 4 aromatic rings. The molecule has 1 heterocycles. The molecule has 2 atom stereocenters. The molecule has 0 fully saturated rings. The first kappa shape index (κ1) is 37.0. The van der Waals surface area contributed by atoms with Crippen molar-refractivity contribution >= 4 is 65.7 Å². The van der Waals surface area contributed by atoms with Crippen molar-refractivity contribution in [2.75, 3.05) is 26.0 Å². The van der Waals surface area contributed by atoms with Crippen LogP contribution in [0.5, 0.6) is 34.5 Å². The number of phenolic OH excluding ortho intramolecular Hbond substituents is 4. The summed E-state index contributed by atoms with van der Waals surface area (Å²) in [7, 11) is -7.08. The number of hydrogen-bond donors (Lipinski definition) is 7. The molecule has 4 rings (SSSR count). The van der Waals surface area contributed by atoms with Gasteiger partial charge in [0.25, 0.3) is 5.91 Å². The van der Waals surface area contributed by atoms with E-state index in [4.69, 9.17) is 14.4 Å². The summed E-state index contributed by atoms with van der Waals surface area (Å²) in [5.74, 6) is -1.14. The van der Waals surface area contributed by atoms with Crippen molar-refractivity contribution in [3.8, 4) is 34.5 Å². The predicted molar refractivity (Wildman–Crippen MR) is 181 cm³/mol. The molecule has 0 aliphatic heterocycles. The Bertz CT molecular complexity index is 1920. The smallest absolute Gasteiger partial charge is 0.158 e. The summed E-state index contributed by atoms with van der Waals surface area (Å²) >= 11 is -0.0449. The van der Waals surface area contributed by atoms with Crippen molar-refractivity contribution in [2.24, 2.45) is 0 Å². The zero-order valence-corrected chi connectivity index (χ0v) is 30.0. The quantitative estimate of drug-likeness (QED) is 0.0333. The molecule has 0 radical (unpaired) electrons. The van der Waals surface area contributed by atoms with E-state index in [1.807, 2.05) is 0 Å². The molecular formula is C30H34AsN2O12PS2. The number of unbranched alkanes of at least 4 members (excludes halogenated alkanes) is 1. The number of sulfonamides is 1. The van der Waals surface area contributed by atoms with Crippen LogP contribution in [0.3, 0.4) is 0 Å². The summed E-state index contributed by atoms with van der Waals surface area (Å²) in [6.45, 7) is 0.663. The molecule has 1 amide bonds. The van der Waals surface area contributed by atoms with Crippen LogP contribution in [-0.4, -0.2) is 86.0 Å². The van der Waals surface area contributed by atoms with Crippen molar-refractivity contribution in [2.45, 2.75) is 28.7 Å². The van der Waals surface area contributed by atoms with Crippen LogP contribution in [0.4, 0.5) is 0 Å². The van der Waals surface area contributed by atoms with Crippen LogP contribution in [0.1, 0.15) is 40.0 Å². The molecular weight excluding hydrogens is 750 g/mol. The Kier molecular flexibility index (Phi) is 13.2. The number of hydrogen-bond acceptors (Lipinski definition) is 12.